The summed E-state index contributed by atoms with van der Waals surface area (Å²) < 4.78 is 5.46. The molecule has 9 nitrogen and oxygen atoms in total. The molecule has 4 N–H and O–H groups in total. The van der Waals surface area contributed by atoms with E-state index in [1.54, 1.807) is 31.6 Å². The van der Waals surface area contributed by atoms with Gasteiger partial charge in [-0.1, -0.05) is 43.5 Å². The number of hydrogen-bond donors (Lipinski definition) is 3. The third-order valence-corrected chi connectivity index (χ3v) is 6.12. The first kappa shape index (κ1) is 25.7. The van der Waals surface area contributed by atoms with Crippen molar-refractivity contribution in [1.82, 2.24) is 25.2 Å². The number of amides is 1. The summed E-state index contributed by atoms with van der Waals surface area (Å²) in [4.78, 5) is 34.7. The van der Waals surface area contributed by atoms with Gasteiger partial charge in [0, 0.05) is 48.6 Å². The predicted molar refractivity (Wildman–Crippen MR) is 139 cm³/mol. The molecule has 3 aromatic rings. The quantitative estimate of drug-likeness (QED) is 0.217. The number of ether oxygens (including phenoxy) is 1. The first-order valence-electron chi connectivity index (χ1n) is 11.2. The van der Waals surface area contributed by atoms with Crippen molar-refractivity contribution in [2.24, 2.45) is 5.84 Å². The van der Waals surface area contributed by atoms with Gasteiger partial charge in [0.1, 0.15) is 17.7 Å². The number of fused-ring (bicyclic) bond motifs is 1. The number of aromatic amines is 1. The van der Waals surface area contributed by atoms with E-state index in [4.69, 9.17) is 10.6 Å². The van der Waals surface area contributed by atoms with Crippen LogP contribution in [0, 0.1) is 0 Å². The normalized spacial score (nSPS) is 15.7. The highest BCUT2D eigenvalue weighted by Crippen LogP contribution is 2.35. The van der Waals surface area contributed by atoms with Crippen molar-refractivity contribution < 1.29 is 14.3 Å². The molecule has 9 heteroatoms. The molecular formula is C26H32N6O3. The number of nitrogens with one attached hydrogen (secondary N) is 2. The number of nitrogens with zero attached hydrogens (tertiary/aromatic N) is 3. The summed E-state index contributed by atoms with van der Waals surface area (Å²) in [6.45, 7) is 12.2. The molecule has 0 aliphatic carbocycles. The molecule has 0 radical (unpaired) electrons. The molecule has 1 aliphatic heterocycles. The molecule has 1 fully saturated rings. The molecule has 0 saturated carbocycles. The molecule has 1 saturated heterocycles. The molecule has 35 heavy (non-hydrogen) atoms. The largest absolute Gasteiger partial charge is 0.494 e. The SMILES string of the molecule is C=C(NN)c1ncc(OC)c2c(C(=C)C(=O)N3CCN(C)[C@H](C)C3)c[nH]c12.O=Cc1ccccc1. The third-order valence-electron chi connectivity index (χ3n) is 6.12. The van der Waals surface area contributed by atoms with Crippen LogP contribution in [0.3, 0.4) is 0 Å². The van der Waals surface area contributed by atoms with Gasteiger partial charge in [-0.25, -0.2) is 4.98 Å². The lowest BCUT2D eigenvalue weighted by Gasteiger charge is -2.38. The molecule has 184 valence electrons. The highest BCUT2D eigenvalue weighted by Gasteiger charge is 2.28. The zero-order valence-electron chi connectivity index (χ0n) is 20.4. The highest BCUT2D eigenvalue weighted by atomic mass is 16.5. The maximum absolute atomic E-state index is 13.1. The van der Waals surface area contributed by atoms with Crippen LogP contribution in [0.2, 0.25) is 0 Å². The average Bonchev–Trinajstić information content (AvgIpc) is 3.34. The number of aromatic nitrogens is 2. The number of carbonyl (C=O) groups is 2. The fourth-order valence-electron chi connectivity index (χ4n) is 3.88. The summed E-state index contributed by atoms with van der Waals surface area (Å²) in [7, 11) is 3.63. The summed E-state index contributed by atoms with van der Waals surface area (Å²) in [5.74, 6) is 5.96. The molecule has 1 amide bonds. The molecule has 1 aliphatic rings. The van der Waals surface area contributed by atoms with Crippen LogP contribution in [-0.4, -0.2) is 71.8 Å². The molecule has 1 aromatic carbocycles. The Balaban J connectivity index is 0.000000363. The molecule has 3 heterocycles. The smallest absolute Gasteiger partial charge is 0.254 e. The van der Waals surface area contributed by atoms with Crippen molar-refractivity contribution in [3.8, 4) is 5.75 Å². The van der Waals surface area contributed by atoms with Gasteiger partial charge in [0.25, 0.3) is 5.91 Å². The number of hydrazine groups is 1. The lowest BCUT2D eigenvalue weighted by atomic mass is 10.0. The molecule has 0 unspecified atom stereocenters. The van der Waals surface area contributed by atoms with E-state index >= 15 is 0 Å². The van der Waals surface area contributed by atoms with Crippen LogP contribution in [0.25, 0.3) is 22.2 Å². The van der Waals surface area contributed by atoms with Gasteiger partial charge in [0.05, 0.1) is 29.9 Å². The first-order chi connectivity index (χ1) is 16.8. The number of piperazine rings is 1. The van der Waals surface area contributed by atoms with E-state index in [0.717, 1.165) is 23.8 Å². The van der Waals surface area contributed by atoms with Gasteiger partial charge in [-0.2, -0.15) is 0 Å². The van der Waals surface area contributed by atoms with E-state index in [9.17, 15) is 9.59 Å². The number of benzene rings is 1. The Bertz CT molecular complexity index is 1220. The molecular weight excluding hydrogens is 444 g/mol. The van der Waals surface area contributed by atoms with Crippen molar-refractivity contribution in [1.29, 1.82) is 0 Å². The summed E-state index contributed by atoms with van der Waals surface area (Å²) in [6.07, 6.45) is 4.18. The molecule has 2 aromatic heterocycles. The van der Waals surface area contributed by atoms with E-state index in [1.807, 2.05) is 23.1 Å². The Morgan fingerprint density at radius 1 is 1.29 bits per heavy atom. The predicted octanol–water partition coefficient (Wildman–Crippen LogP) is 2.68. The second-order valence-corrected chi connectivity index (χ2v) is 8.34. The van der Waals surface area contributed by atoms with E-state index in [-0.39, 0.29) is 5.91 Å². The van der Waals surface area contributed by atoms with Crippen LogP contribution in [0.15, 0.2) is 55.9 Å². The van der Waals surface area contributed by atoms with Gasteiger partial charge in [0.2, 0.25) is 0 Å². The topological polar surface area (TPSA) is 117 Å². The van der Waals surface area contributed by atoms with Crippen molar-refractivity contribution in [2.75, 3.05) is 33.8 Å². The number of hydrogen-bond acceptors (Lipinski definition) is 7. The van der Waals surface area contributed by atoms with Gasteiger partial charge in [0.15, 0.2) is 0 Å². The second-order valence-electron chi connectivity index (χ2n) is 8.34. The molecule has 4 rings (SSSR count). The van der Waals surface area contributed by atoms with Crippen molar-refractivity contribution in [3.63, 3.8) is 0 Å². The van der Waals surface area contributed by atoms with Gasteiger partial charge in [-0.3, -0.25) is 15.4 Å². The maximum atomic E-state index is 13.1. The summed E-state index contributed by atoms with van der Waals surface area (Å²) in [5, 5.41) is 0.736. The van der Waals surface area contributed by atoms with Crippen LogP contribution in [0.1, 0.15) is 28.5 Å². The number of rotatable bonds is 6. The molecule has 0 bridgehead atoms. The van der Waals surface area contributed by atoms with Gasteiger partial charge >= 0.3 is 0 Å². The van der Waals surface area contributed by atoms with Crippen LogP contribution in [-0.2, 0) is 4.79 Å². The number of pyridine rings is 1. The van der Waals surface area contributed by atoms with E-state index in [0.29, 0.717) is 52.9 Å². The van der Waals surface area contributed by atoms with E-state index in [2.05, 4.69) is 47.4 Å². The fourth-order valence-corrected chi connectivity index (χ4v) is 3.88. The number of likely N-dealkylation sites (N-methyl/N-ethyl adjacent to an activating group) is 1. The molecule has 0 spiro atoms. The van der Waals surface area contributed by atoms with E-state index < -0.39 is 0 Å². The Kier molecular flexibility index (Phi) is 8.40. The van der Waals surface area contributed by atoms with Crippen molar-refractivity contribution in [2.45, 2.75) is 13.0 Å². The zero-order valence-corrected chi connectivity index (χ0v) is 20.4. The van der Waals surface area contributed by atoms with E-state index in [1.165, 1.54) is 0 Å². The first-order valence-corrected chi connectivity index (χ1v) is 11.2. The van der Waals surface area contributed by atoms with Crippen LogP contribution < -0.4 is 16.0 Å². The minimum atomic E-state index is -0.0768. The van der Waals surface area contributed by atoms with Gasteiger partial charge in [-0.05, 0) is 14.0 Å². The maximum Gasteiger partial charge on any atom is 0.254 e. The minimum Gasteiger partial charge on any atom is -0.494 e. The number of carbonyl (C=O) groups excluding carboxylic acids is 2. The number of H-pyrrole nitrogens is 1. The fraction of sp³-hybridized carbons (Fsp3) is 0.269. The monoisotopic (exact) mass is 476 g/mol. The van der Waals surface area contributed by atoms with Gasteiger partial charge in [-0.15, -0.1) is 0 Å². The Morgan fingerprint density at radius 2 is 2.00 bits per heavy atom. The summed E-state index contributed by atoms with van der Waals surface area (Å²) >= 11 is 0. The minimum absolute atomic E-state index is 0.0768. The average molecular weight is 477 g/mol. The Hall–Kier alpha value is -3.95. The van der Waals surface area contributed by atoms with Crippen molar-refractivity contribution in [3.05, 3.63) is 72.7 Å². The number of aldehydes is 1. The Morgan fingerprint density at radius 3 is 2.57 bits per heavy atom. The van der Waals surface area contributed by atoms with Crippen LogP contribution in [0.5, 0.6) is 5.75 Å². The van der Waals surface area contributed by atoms with Crippen molar-refractivity contribution >= 4 is 34.4 Å². The van der Waals surface area contributed by atoms with Crippen LogP contribution >= 0.6 is 0 Å². The number of nitrogens with two attached hydrogens (primary N) is 1. The molecule has 1 atom stereocenters. The second kappa shape index (κ2) is 11.5. The standard InChI is InChI=1S/C19H26N6O2.C7H6O/c1-11-10-25(7-6-24(11)4)19(26)12(2)14-8-21-18-16(14)15(27-5)9-22-17(18)13(3)23-20;8-6-7-4-2-1-3-5-7/h8-9,11,21,23H,2-3,6-7,10,20H2,1,4-5H3;1-6H/t11-;/m1./s1. The summed E-state index contributed by atoms with van der Waals surface area (Å²) in [5.41, 5.74) is 6.06. The van der Waals surface area contributed by atoms with Gasteiger partial charge < -0.3 is 24.9 Å². The summed E-state index contributed by atoms with van der Waals surface area (Å²) in [6, 6.07) is 9.41. The van der Waals surface area contributed by atoms with Crippen LogP contribution in [0.4, 0.5) is 0 Å². The third kappa shape index (κ3) is 5.59. The Labute approximate surface area is 205 Å². The number of methoxy groups -OCH3 is 1. The zero-order chi connectivity index (χ0) is 25.5. The lowest BCUT2D eigenvalue weighted by molar-refractivity contribution is -0.127. The lowest BCUT2D eigenvalue weighted by Crippen LogP contribution is -2.52. The highest BCUT2D eigenvalue weighted by molar-refractivity contribution is 6.22.